The first-order chi connectivity index (χ1) is 7.78. The summed E-state index contributed by atoms with van der Waals surface area (Å²) in [5.74, 6) is -0.176. The van der Waals surface area contributed by atoms with Crippen molar-refractivity contribution < 1.29 is 9.59 Å². The lowest BCUT2D eigenvalue weighted by atomic mass is 9.84. The van der Waals surface area contributed by atoms with Crippen molar-refractivity contribution in [1.82, 2.24) is 10.2 Å². The first-order valence-electron chi connectivity index (χ1n) is 5.95. The number of nitrogens with zero attached hydrogens (tertiary/aromatic N) is 1. The van der Waals surface area contributed by atoms with E-state index in [1.165, 1.54) is 4.90 Å². The molecule has 0 bridgehead atoms. The number of hydrogen-bond donors (Lipinski definition) is 2. The molecule has 0 atom stereocenters. The standard InChI is InChI=1S/C12H25N3O2/c1-12(2,7-8-13)6-5-10(16)14-9-11(17)15(3)4/h5-9,13H2,1-4H3,(H,14,16). The third-order valence-corrected chi connectivity index (χ3v) is 2.79. The second-order valence-electron chi connectivity index (χ2n) is 5.27. The molecule has 2 amide bonds. The zero-order chi connectivity index (χ0) is 13.5. The van der Waals surface area contributed by atoms with Crippen molar-refractivity contribution in [2.75, 3.05) is 27.2 Å². The lowest BCUT2D eigenvalue weighted by Gasteiger charge is -2.23. The van der Waals surface area contributed by atoms with Crippen LogP contribution in [0.5, 0.6) is 0 Å². The highest BCUT2D eigenvalue weighted by Crippen LogP contribution is 2.25. The average Bonchev–Trinajstić information content (AvgIpc) is 2.22. The molecule has 0 unspecified atom stereocenters. The topological polar surface area (TPSA) is 75.4 Å². The van der Waals surface area contributed by atoms with Crippen LogP contribution in [0.15, 0.2) is 0 Å². The minimum Gasteiger partial charge on any atom is -0.347 e. The number of amides is 2. The van der Waals surface area contributed by atoms with Gasteiger partial charge in [0.05, 0.1) is 6.54 Å². The lowest BCUT2D eigenvalue weighted by molar-refractivity contribution is -0.131. The summed E-state index contributed by atoms with van der Waals surface area (Å²) in [7, 11) is 3.33. The number of carbonyl (C=O) groups is 2. The number of nitrogens with two attached hydrogens (primary N) is 1. The van der Waals surface area contributed by atoms with E-state index in [-0.39, 0.29) is 23.8 Å². The molecule has 17 heavy (non-hydrogen) atoms. The van der Waals surface area contributed by atoms with Gasteiger partial charge in [0, 0.05) is 20.5 Å². The Labute approximate surface area is 104 Å². The van der Waals surface area contributed by atoms with Crippen LogP contribution in [0.25, 0.3) is 0 Å². The number of likely N-dealkylation sites (N-methyl/N-ethyl adjacent to an activating group) is 1. The average molecular weight is 243 g/mol. The molecular weight excluding hydrogens is 218 g/mol. The molecule has 0 aromatic rings. The van der Waals surface area contributed by atoms with Crippen molar-refractivity contribution in [3.8, 4) is 0 Å². The molecule has 0 saturated carbocycles. The van der Waals surface area contributed by atoms with E-state index in [4.69, 9.17) is 5.73 Å². The van der Waals surface area contributed by atoms with Gasteiger partial charge in [0.15, 0.2) is 0 Å². The molecule has 0 aliphatic heterocycles. The zero-order valence-electron chi connectivity index (χ0n) is 11.4. The minimum absolute atomic E-state index is 0.0726. The normalized spacial score (nSPS) is 11.1. The van der Waals surface area contributed by atoms with Crippen molar-refractivity contribution >= 4 is 11.8 Å². The van der Waals surface area contributed by atoms with E-state index >= 15 is 0 Å². The first kappa shape index (κ1) is 15.9. The van der Waals surface area contributed by atoms with E-state index < -0.39 is 0 Å². The summed E-state index contributed by atoms with van der Waals surface area (Å²) in [6, 6.07) is 0. The smallest absolute Gasteiger partial charge is 0.241 e. The summed E-state index contributed by atoms with van der Waals surface area (Å²) < 4.78 is 0. The summed E-state index contributed by atoms with van der Waals surface area (Å²) in [5, 5.41) is 2.62. The Hall–Kier alpha value is -1.10. The fourth-order valence-corrected chi connectivity index (χ4v) is 1.39. The molecule has 0 aliphatic rings. The van der Waals surface area contributed by atoms with Gasteiger partial charge < -0.3 is 16.0 Å². The van der Waals surface area contributed by atoms with E-state index in [9.17, 15) is 9.59 Å². The molecule has 0 saturated heterocycles. The van der Waals surface area contributed by atoms with Crippen molar-refractivity contribution in [1.29, 1.82) is 0 Å². The van der Waals surface area contributed by atoms with Gasteiger partial charge in [0.1, 0.15) is 0 Å². The third-order valence-electron chi connectivity index (χ3n) is 2.79. The molecule has 0 rings (SSSR count). The molecule has 5 nitrogen and oxygen atoms in total. The second-order valence-corrected chi connectivity index (χ2v) is 5.27. The maximum absolute atomic E-state index is 11.5. The molecule has 100 valence electrons. The monoisotopic (exact) mass is 243 g/mol. The summed E-state index contributed by atoms with van der Waals surface area (Å²) in [6.07, 6.45) is 2.12. The highest BCUT2D eigenvalue weighted by Gasteiger charge is 2.18. The second kappa shape index (κ2) is 7.27. The summed E-state index contributed by atoms with van der Waals surface area (Å²) in [5.41, 5.74) is 5.58. The van der Waals surface area contributed by atoms with E-state index in [1.807, 2.05) is 0 Å². The van der Waals surface area contributed by atoms with Gasteiger partial charge in [-0.15, -0.1) is 0 Å². The fourth-order valence-electron chi connectivity index (χ4n) is 1.39. The van der Waals surface area contributed by atoms with Crippen LogP contribution < -0.4 is 11.1 Å². The Balaban J connectivity index is 3.84. The molecule has 0 spiro atoms. The Bertz CT molecular complexity index is 262. The number of carbonyl (C=O) groups excluding carboxylic acids is 2. The number of rotatable bonds is 7. The van der Waals surface area contributed by atoms with Crippen LogP contribution in [0.2, 0.25) is 0 Å². The van der Waals surface area contributed by atoms with E-state index in [1.54, 1.807) is 14.1 Å². The zero-order valence-corrected chi connectivity index (χ0v) is 11.4. The van der Waals surface area contributed by atoms with E-state index in [0.29, 0.717) is 13.0 Å². The molecule has 3 N–H and O–H groups in total. The van der Waals surface area contributed by atoms with Crippen LogP contribution in [-0.2, 0) is 9.59 Å². The van der Waals surface area contributed by atoms with Gasteiger partial charge in [-0.3, -0.25) is 9.59 Å². The number of hydrogen-bond acceptors (Lipinski definition) is 3. The molecule has 0 aliphatic carbocycles. The van der Waals surface area contributed by atoms with Crippen LogP contribution in [0.3, 0.4) is 0 Å². The van der Waals surface area contributed by atoms with Crippen molar-refractivity contribution in [3.63, 3.8) is 0 Å². The van der Waals surface area contributed by atoms with Gasteiger partial charge in [-0.2, -0.15) is 0 Å². The molecule has 0 radical (unpaired) electrons. The minimum atomic E-state index is -0.0976. The molecular formula is C12H25N3O2. The third kappa shape index (κ3) is 7.74. The highest BCUT2D eigenvalue weighted by atomic mass is 16.2. The quantitative estimate of drug-likeness (QED) is 0.677. The summed E-state index contributed by atoms with van der Waals surface area (Å²) in [4.78, 5) is 24.2. The molecule has 5 heteroatoms. The van der Waals surface area contributed by atoms with Crippen LogP contribution in [-0.4, -0.2) is 43.9 Å². The maximum Gasteiger partial charge on any atom is 0.241 e. The van der Waals surface area contributed by atoms with Crippen LogP contribution in [0.1, 0.15) is 33.1 Å². The van der Waals surface area contributed by atoms with Crippen molar-refractivity contribution in [2.45, 2.75) is 33.1 Å². The van der Waals surface area contributed by atoms with Gasteiger partial charge in [-0.1, -0.05) is 13.8 Å². The molecule has 0 aromatic carbocycles. The first-order valence-corrected chi connectivity index (χ1v) is 5.95. The van der Waals surface area contributed by atoms with Gasteiger partial charge in [-0.25, -0.2) is 0 Å². The predicted molar refractivity (Wildman–Crippen MR) is 68.4 cm³/mol. The summed E-state index contributed by atoms with van der Waals surface area (Å²) >= 11 is 0. The summed E-state index contributed by atoms with van der Waals surface area (Å²) in [6.45, 7) is 4.90. The Kier molecular flexibility index (Phi) is 6.80. The lowest BCUT2D eigenvalue weighted by Crippen LogP contribution is -2.36. The van der Waals surface area contributed by atoms with Crippen LogP contribution >= 0.6 is 0 Å². The van der Waals surface area contributed by atoms with Gasteiger partial charge in [0.25, 0.3) is 0 Å². The van der Waals surface area contributed by atoms with E-state index in [0.717, 1.165) is 12.8 Å². The largest absolute Gasteiger partial charge is 0.347 e. The van der Waals surface area contributed by atoms with Gasteiger partial charge in [0.2, 0.25) is 11.8 Å². The van der Waals surface area contributed by atoms with Gasteiger partial charge in [-0.05, 0) is 24.8 Å². The predicted octanol–water partition coefficient (Wildman–Crippen LogP) is 0.346. The highest BCUT2D eigenvalue weighted by molar-refractivity contribution is 5.84. The van der Waals surface area contributed by atoms with E-state index in [2.05, 4.69) is 19.2 Å². The van der Waals surface area contributed by atoms with Crippen LogP contribution in [0, 0.1) is 5.41 Å². The van der Waals surface area contributed by atoms with Gasteiger partial charge >= 0.3 is 0 Å². The fraction of sp³-hybridized carbons (Fsp3) is 0.833. The molecule has 0 fully saturated rings. The Morgan fingerprint density at radius 2 is 1.82 bits per heavy atom. The number of nitrogens with one attached hydrogen (secondary N) is 1. The van der Waals surface area contributed by atoms with Crippen molar-refractivity contribution in [2.24, 2.45) is 11.1 Å². The molecule has 0 aromatic heterocycles. The Morgan fingerprint density at radius 1 is 1.24 bits per heavy atom. The SMILES string of the molecule is CN(C)C(=O)CNC(=O)CCC(C)(C)CCN. The Morgan fingerprint density at radius 3 is 2.29 bits per heavy atom. The van der Waals surface area contributed by atoms with Crippen molar-refractivity contribution in [3.05, 3.63) is 0 Å². The maximum atomic E-state index is 11.5. The van der Waals surface area contributed by atoms with Crippen LogP contribution in [0.4, 0.5) is 0 Å². The molecule has 0 heterocycles.